The van der Waals surface area contributed by atoms with Crippen molar-refractivity contribution < 1.29 is 28.6 Å². The second-order valence-electron chi connectivity index (χ2n) is 20.2. The molecule has 1 unspecified atom stereocenters. The lowest BCUT2D eigenvalue weighted by atomic mass is 10.0. The molecule has 0 spiro atoms. The lowest BCUT2D eigenvalue weighted by Crippen LogP contribution is -2.30. The summed E-state index contributed by atoms with van der Waals surface area (Å²) in [6.07, 6.45) is 88.8. The Morgan fingerprint density at radius 2 is 0.513 bits per heavy atom. The minimum atomic E-state index is -0.800. The van der Waals surface area contributed by atoms with E-state index in [0.29, 0.717) is 19.3 Å². The summed E-state index contributed by atoms with van der Waals surface area (Å²) in [6.45, 7) is 6.36. The molecule has 0 aliphatic rings. The summed E-state index contributed by atoms with van der Waals surface area (Å²) in [6, 6.07) is 0. The molecule has 6 nitrogen and oxygen atoms in total. The van der Waals surface area contributed by atoms with Gasteiger partial charge in [-0.05, 0) is 135 Å². The minimum Gasteiger partial charge on any atom is -0.462 e. The van der Waals surface area contributed by atoms with Crippen LogP contribution in [0.4, 0.5) is 0 Å². The smallest absolute Gasteiger partial charge is 0.306 e. The zero-order valence-corrected chi connectivity index (χ0v) is 49.2. The van der Waals surface area contributed by atoms with Gasteiger partial charge in [-0.15, -0.1) is 0 Å². The maximum atomic E-state index is 12.9. The van der Waals surface area contributed by atoms with E-state index in [4.69, 9.17) is 14.2 Å². The van der Waals surface area contributed by atoms with Crippen LogP contribution in [-0.4, -0.2) is 37.2 Å². The fraction of sp³-hybridized carbons (Fsp3) is 0.643. The van der Waals surface area contributed by atoms with Crippen LogP contribution in [-0.2, 0) is 28.6 Å². The Bertz CT molecular complexity index is 1630. The van der Waals surface area contributed by atoms with Gasteiger partial charge in [0.2, 0.25) is 0 Å². The second kappa shape index (κ2) is 63.1. The van der Waals surface area contributed by atoms with Crippen LogP contribution in [0, 0.1) is 0 Å². The molecular formula is C70H114O6. The Labute approximate surface area is 468 Å². The van der Waals surface area contributed by atoms with E-state index in [1.54, 1.807) is 0 Å². The summed E-state index contributed by atoms with van der Waals surface area (Å²) >= 11 is 0. The van der Waals surface area contributed by atoms with E-state index in [2.05, 4.69) is 154 Å². The molecular weight excluding hydrogens is 937 g/mol. The van der Waals surface area contributed by atoms with E-state index < -0.39 is 6.10 Å². The maximum absolute atomic E-state index is 12.9. The minimum absolute atomic E-state index is 0.0958. The van der Waals surface area contributed by atoms with E-state index in [-0.39, 0.29) is 31.1 Å². The van der Waals surface area contributed by atoms with Crippen LogP contribution >= 0.6 is 0 Å². The van der Waals surface area contributed by atoms with Gasteiger partial charge in [0.1, 0.15) is 13.2 Å². The van der Waals surface area contributed by atoms with Crippen molar-refractivity contribution in [1.29, 1.82) is 0 Å². The predicted octanol–water partition coefficient (Wildman–Crippen LogP) is 21.4. The number of hydrogen-bond acceptors (Lipinski definition) is 6. The molecule has 430 valence electrons. The van der Waals surface area contributed by atoms with Gasteiger partial charge in [-0.25, -0.2) is 0 Å². The number of allylic oxidation sites excluding steroid dienone is 22. The summed E-state index contributed by atoms with van der Waals surface area (Å²) in [5, 5.41) is 0. The molecule has 1 atom stereocenters. The number of carbonyl (C=O) groups excluding carboxylic acids is 3. The Hall–Kier alpha value is -4.45. The number of unbranched alkanes of at least 4 members (excludes halogenated alkanes) is 22. The summed E-state index contributed by atoms with van der Waals surface area (Å²) < 4.78 is 16.9. The van der Waals surface area contributed by atoms with Gasteiger partial charge in [0.15, 0.2) is 6.10 Å². The summed E-state index contributed by atoms with van der Waals surface area (Å²) in [5.74, 6) is -0.934. The van der Waals surface area contributed by atoms with Crippen molar-refractivity contribution in [2.75, 3.05) is 13.2 Å². The van der Waals surface area contributed by atoms with Crippen molar-refractivity contribution in [3.63, 3.8) is 0 Å². The monoisotopic (exact) mass is 1050 g/mol. The standard InChI is InChI=1S/C70H114O6/c1-4-7-10-13-16-19-22-25-27-29-31-33-35-37-39-41-43-45-48-51-54-57-60-63-69(72)75-66-67(65-74-68(71)62-59-56-53-50-47-24-21-18-15-12-9-6-3)76-70(73)64-61-58-55-52-49-46-44-42-40-38-36-34-32-30-28-26-23-20-17-14-11-8-5-2/h7-8,10-11,16-21,25-28,31-34,37,39,43,45,67H,4-6,9,12-15,22-24,29-30,35-36,38,40-42,44,46-66H2,1-3H3/b10-7-,11-8-,19-16-,20-17-,21-18-,27-25-,28-26-,33-31-,34-32-,39-37-,45-43-. The second-order valence-corrected chi connectivity index (χ2v) is 20.2. The van der Waals surface area contributed by atoms with Crippen molar-refractivity contribution in [1.82, 2.24) is 0 Å². The highest BCUT2D eigenvalue weighted by Gasteiger charge is 2.19. The largest absolute Gasteiger partial charge is 0.462 e. The number of ether oxygens (including phenoxy) is 3. The molecule has 0 N–H and O–H groups in total. The van der Waals surface area contributed by atoms with Crippen LogP contribution in [0.3, 0.4) is 0 Å². The number of rotatable bonds is 55. The Morgan fingerprint density at radius 1 is 0.276 bits per heavy atom. The van der Waals surface area contributed by atoms with Crippen LogP contribution < -0.4 is 0 Å². The van der Waals surface area contributed by atoms with Gasteiger partial charge in [-0.3, -0.25) is 14.4 Å². The molecule has 0 aliphatic carbocycles. The molecule has 0 fully saturated rings. The SMILES string of the molecule is CC/C=C\C/C=C\C/C=C\C/C=C\C/C=C\C/C=C\CCCCCCC(=O)OCC(COC(=O)CCCCCCC/C=C\CCCCC)OC(=O)CCCCCCCCCCCC/C=C\C/C=C\C/C=C\C/C=C\CC. The zero-order chi connectivity index (χ0) is 55.0. The Kier molecular flexibility index (Phi) is 59.4. The summed E-state index contributed by atoms with van der Waals surface area (Å²) in [7, 11) is 0. The van der Waals surface area contributed by atoms with E-state index in [0.717, 1.165) is 148 Å². The first kappa shape index (κ1) is 71.5. The van der Waals surface area contributed by atoms with Crippen LogP contribution in [0.5, 0.6) is 0 Å². The van der Waals surface area contributed by atoms with E-state index in [9.17, 15) is 14.4 Å². The molecule has 0 bridgehead atoms. The van der Waals surface area contributed by atoms with Crippen LogP contribution in [0.2, 0.25) is 0 Å². The molecule has 6 heteroatoms. The lowest BCUT2D eigenvalue weighted by Gasteiger charge is -2.18. The number of hydrogen-bond donors (Lipinski definition) is 0. The van der Waals surface area contributed by atoms with Crippen molar-refractivity contribution in [2.24, 2.45) is 0 Å². The highest BCUT2D eigenvalue weighted by Crippen LogP contribution is 2.15. The molecule has 0 aromatic heterocycles. The van der Waals surface area contributed by atoms with Crippen molar-refractivity contribution in [3.05, 3.63) is 134 Å². The highest BCUT2D eigenvalue weighted by atomic mass is 16.6. The van der Waals surface area contributed by atoms with Crippen LogP contribution in [0.1, 0.15) is 271 Å². The van der Waals surface area contributed by atoms with Gasteiger partial charge in [-0.1, -0.05) is 251 Å². The average Bonchev–Trinajstić information content (AvgIpc) is 3.42. The normalized spacial score (nSPS) is 13.0. The zero-order valence-electron chi connectivity index (χ0n) is 49.2. The first-order valence-corrected chi connectivity index (χ1v) is 31.2. The molecule has 0 radical (unpaired) electrons. The van der Waals surface area contributed by atoms with E-state index >= 15 is 0 Å². The Morgan fingerprint density at radius 3 is 0.816 bits per heavy atom. The summed E-state index contributed by atoms with van der Waals surface area (Å²) in [4.78, 5) is 38.3. The fourth-order valence-electron chi connectivity index (χ4n) is 8.25. The van der Waals surface area contributed by atoms with Crippen molar-refractivity contribution >= 4 is 17.9 Å². The topological polar surface area (TPSA) is 78.9 Å². The quantitative estimate of drug-likeness (QED) is 0.0261. The number of carbonyl (C=O) groups is 3. The molecule has 0 saturated carbocycles. The van der Waals surface area contributed by atoms with Gasteiger partial charge in [0, 0.05) is 19.3 Å². The third kappa shape index (κ3) is 60.4. The molecule has 76 heavy (non-hydrogen) atoms. The number of esters is 3. The molecule has 0 rings (SSSR count). The van der Waals surface area contributed by atoms with E-state index in [1.165, 1.54) is 83.5 Å². The summed E-state index contributed by atoms with van der Waals surface area (Å²) in [5.41, 5.74) is 0. The molecule has 0 amide bonds. The van der Waals surface area contributed by atoms with Crippen molar-refractivity contribution in [3.8, 4) is 0 Å². The molecule has 0 aliphatic heterocycles. The van der Waals surface area contributed by atoms with E-state index in [1.807, 2.05) is 0 Å². The highest BCUT2D eigenvalue weighted by molar-refractivity contribution is 5.71. The molecule has 0 heterocycles. The predicted molar refractivity (Wildman–Crippen MR) is 329 cm³/mol. The van der Waals surface area contributed by atoms with Gasteiger partial charge in [0.25, 0.3) is 0 Å². The molecule has 0 aromatic carbocycles. The third-order valence-corrected chi connectivity index (χ3v) is 12.9. The van der Waals surface area contributed by atoms with Crippen molar-refractivity contribution in [2.45, 2.75) is 277 Å². The first-order chi connectivity index (χ1) is 37.5. The van der Waals surface area contributed by atoms with Crippen LogP contribution in [0.15, 0.2) is 134 Å². The van der Waals surface area contributed by atoms with Gasteiger partial charge in [0.05, 0.1) is 0 Å². The average molecular weight is 1050 g/mol. The molecule has 0 aromatic rings. The lowest BCUT2D eigenvalue weighted by molar-refractivity contribution is -0.167. The fourth-order valence-corrected chi connectivity index (χ4v) is 8.25. The van der Waals surface area contributed by atoms with Gasteiger partial charge in [-0.2, -0.15) is 0 Å². The first-order valence-electron chi connectivity index (χ1n) is 31.2. The van der Waals surface area contributed by atoms with Crippen LogP contribution in [0.25, 0.3) is 0 Å². The molecule has 0 saturated heterocycles. The van der Waals surface area contributed by atoms with Gasteiger partial charge < -0.3 is 14.2 Å². The third-order valence-electron chi connectivity index (χ3n) is 12.9. The van der Waals surface area contributed by atoms with Gasteiger partial charge >= 0.3 is 17.9 Å². The Balaban J connectivity index is 4.41. The maximum Gasteiger partial charge on any atom is 0.306 e.